The van der Waals surface area contributed by atoms with Crippen LogP contribution in [0, 0.1) is 5.41 Å². The number of nitrogens with zero attached hydrogens (tertiary/aromatic N) is 1. The van der Waals surface area contributed by atoms with E-state index in [1.165, 1.54) is 11.8 Å². The lowest BCUT2D eigenvalue weighted by molar-refractivity contribution is -0.144. The highest BCUT2D eigenvalue weighted by Gasteiger charge is 2.39. The number of fused-ring (bicyclic) bond motifs is 1. The minimum absolute atomic E-state index is 0.0865. The third-order valence-corrected chi connectivity index (χ3v) is 8.14. The average Bonchev–Trinajstić information content (AvgIpc) is 3.40. The molecule has 1 heterocycles. The zero-order chi connectivity index (χ0) is 35.9. The number of carbonyl (C=O) groups excluding carboxylic acids is 4. The standard InChI is InChI=1S/C37H42N4O8/c1-22(42)41-21-26-17-27(38-31(43)16-23-10-6-5-7-11-23)14-15-28(26)33(41)34(45)40-30(36(48)49)19-25-13-9-8-12-24(25)18-29(35(46)47)39-32(44)20-37(2,3)4/h5-15,17,29-30,33H,16,18-21H2,1-4H3,(H,38,43)(H,39,44)(H,40,45)(H,46,47)(H,48,49). The molecule has 3 aromatic rings. The summed E-state index contributed by atoms with van der Waals surface area (Å²) in [4.78, 5) is 77.3. The first-order chi connectivity index (χ1) is 23.1. The SMILES string of the molecule is CC(=O)N1Cc2cc(NC(=O)Cc3ccccc3)ccc2C1C(=O)NC(Cc1ccccc1CC(NC(=O)CC(C)(C)C)C(=O)O)C(=O)O. The molecule has 0 fully saturated rings. The van der Waals surface area contributed by atoms with E-state index in [1.807, 2.05) is 51.1 Å². The predicted octanol–water partition coefficient (Wildman–Crippen LogP) is 3.63. The molecule has 0 radical (unpaired) electrons. The topological polar surface area (TPSA) is 182 Å². The van der Waals surface area contributed by atoms with E-state index in [1.54, 1.807) is 42.5 Å². The van der Waals surface area contributed by atoms with E-state index in [0.29, 0.717) is 27.9 Å². The van der Waals surface area contributed by atoms with Crippen LogP contribution in [0.4, 0.5) is 5.69 Å². The van der Waals surface area contributed by atoms with Gasteiger partial charge in [-0.25, -0.2) is 9.59 Å². The summed E-state index contributed by atoms with van der Waals surface area (Å²) in [5.74, 6) is -4.28. The molecule has 4 rings (SSSR count). The summed E-state index contributed by atoms with van der Waals surface area (Å²) in [5.41, 5.74) is 3.13. The maximum Gasteiger partial charge on any atom is 0.326 e. The number of benzene rings is 3. The molecule has 0 aliphatic carbocycles. The summed E-state index contributed by atoms with van der Waals surface area (Å²) < 4.78 is 0. The van der Waals surface area contributed by atoms with Gasteiger partial charge in [0.05, 0.1) is 6.42 Å². The van der Waals surface area contributed by atoms with Crippen LogP contribution in [0.15, 0.2) is 72.8 Å². The van der Waals surface area contributed by atoms with E-state index in [2.05, 4.69) is 16.0 Å². The minimum atomic E-state index is -1.41. The molecule has 0 saturated carbocycles. The molecule has 12 nitrogen and oxygen atoms in total. The number of amides is 4. The smallest absolute Gasteiger partial charge is 0.326 e. The Hall–Kier alpha value is -5.52. The number of carbonyl (C=O) groups is 6. The van der Waals surface area contributed by atoms with Gasteiger partial charge in [0.25, 0.3) is 0 Å². The molecular formula is C37H42N4O8. The number of hydrogen-bond donors (Lipinski definition) is 5. The highest BCUT2D eigenvalue weighted by molar-refractivity contribution is 5.94. The summed E-state index contributed by atoms with van der Waals surface area (Å²) >= 11 is 0. The molecule has 49 heavy (non-hydrogen) atoms. The Morgan fingerprint density at radius 2 is 1.37 bits per heavy atom. The summed E-state index contributed by atoms with van der Waals surface area (Å²) in [6.45, 7) is 7.00. The molecule has 4 amide bonds. The highest BCUT2D eigenvalue weighted by Crippen LogP contribution is 2.36. The lowest BCUT2D eigenvalue weighted by Gasteiger charge is -2.25. The van der Waals surface area contributed by atoms with Crippen molar-refractivity contribution < 1.29 is 39.0 Å². The normalized spacial score (nSPS) is 15.0. The van der Waals surface area contributed by atoms with Crippen LogP contribution in [-0.4, -0.2) is 62.8 Å². The molecule has 3 atom stereocenters. The van der Waals surface area contributed by atoms with Crippen molar-refractivity contribution in [3.8, 4) is 0 Å². The number of carboxylic acid groups (broad SMARTS) is 2. The molecule has 12 heteroatoms. The summed E-state index contributed by atoms with van der Waals surface area (Å²) in [6.07, 6.45) is 0.0218. The molecule has 5 N–H and O–H groups in total. The van der Waals surface area contributed by atoms with Gasteiger partial charge in [0.15, 0.2) is 0 Å². The molecule has 258 valence electrons. The Morgan fingerprint density at radius 1 is 0.796 bits per heavy atom. The fraction of sp³-hybridized carbons (Fsp3) is 0.351. The third-order valence-electron chi connectivity index (χ3n) is 8.14. The Kier molecular flexibility index (Phi) is 11.6. The molecular weight excluding hydrogens is 628 g/mol. The summed E-state index contributed by atoms with van der Waals surface area (Å²) in [7, 11) is 0. The molecule has 1 aliphatic heterocycles. The van der Waals surface area contributed by atoms with Crippen molar-refractivity contribution in [3.05, 3.63) is 101 Å². The van der Waals surface area contributed by atoms with Crippen molar-refractivity contribution in [2.75, 3.05) is 5.32 Å². The number of anilines is 1. The van der Waals surface area contributed by atoms with Crippen molar-refractivity contribution in [1.82, 2.24) is 15.5 Å². The van der Waals surface area contributed by atoms with Crippen molar-refractivity contribution >= 4 is 41.3 Å². The van der Waals surface area contributed by atoms with E-state index in [-0.39, 0.29) is 43.6 Å². The first-order valence-corrected chi connectivity index (χ1v) is 16.0. The van der Waals surface area contributed by atoms with E-state index in [9.17, 15) is 39.0 Å². The minimum Gasteiger partial charge on any atom is -0.480 e. The fourth-order valence-corrected chi connectivity index (χ4v) is 5.87. The lowest BCUT2D eigenvalue weighted by atomic mass is 9.91. The maximum atomic E-state index is 13.7. The van der Waals surface area contributed by atoms with Gasteiger partial charge in [-0.15, -0.1) is 0 Å². The van der Waals surface area contributed by atoms with Gasteiger partial charge in [0, 0.05) is 38.4 Å². The maximum absolute atomic E-state index is 13.7. The van der Waals surface area contributed by atoms with Gasteiger partial charge in [-0.05, 0) is 45.4 Å². The average molecular weight is 671 g/mol. The van der Waals surface area contributed by atoms with Crippen LogP contribution in [0.2, 0.25) is 0 Å². The first kappa shape index (κ1) is 36.3. The third kappa shape index (κ3) is 9.99. The van der Waals surface area contributed by atoms with E-state index in [0.717, 1.165) is 5.56 Å². The Balaban J connectivity index is 1.50. The van der Waals surface area contributed by atoms with E-state index >= 15 is 0 Å². The van der Waals surface area contributed by atoms with Crippen molar-refractivity contribution in [2.45, 2.75) is 78.0 Å². The van der Waals surface area contributed by atoms with Gasteiger partial charge in [0.1, 0.15) is 18.1 Å². The molecule has 3 unspecified atom stereocenters. The zero-order valence-corrected chi connectivity index (χ0v) is 28.0. The number of carboxylic acids is 2. The molecule has 0 saturated heterocycles. The van der Waals surface area contributed by atoms with Crippen LogP contribution in [0.1, 0.15) is 68.0 Å². The first-order valence-electron chi connectivity index (χ1n) is 16.0. The molecule has 0 aromatic heterocycles. The van der Waals surface area contributed by atoms with E-state index in [4.69, 9.17) is 0 Å². The second-order valence-corrected chi connectivity index (χ2v) is 13.4. The monoisotopic (exact) mass is 670 g/mol. The van der Waals surface area contributed by atoms with Gasteiger partial charge < -0.3 is 31.1 Å². The van der Waals surface area contributed by atoms with E-state index < -0.39 is 47.8 Å². The quantitative estimate of drug-likeness (QED) is 0.183. The number of rotatable bonds is 13. The van der Waals surface area contributed by atoms with Crippen molar-refractivity contribution in [3.63, 3.8) is 0 Å². The Morgan fingerprint density at radius 3 is 1.92 bits per heavy atom. The van der Waals surface area contributed by atoms with Crippen LogP contribution in [0.25, 0.3) is 0 Å². The number of hydrogen-bond acceptors (Lipinski definition) is 6. The van der Waals surface area contributed by atoms with Crippen LogP contribution >= 0.6 is 0 Å². The largest absolute Gasteiger partial charge is 0.480 e. The van der Waals surface area contributed by atoms with Crippen molar-refractivity contribution in [1.29, 1.82) is 0 Å². The summed E-state index contributed by atoms with van der Waals surface area (Å²) in [6, 6.07) is 17.1. The molecule has 1 aliphatic rings. The fourth-order valence-electron chi connectivity index (χ4n) is 5.87. The number of nitrogens with one attached hydrogen (secondary N) is 3. The summed E-state index contributed by atoms with van der Waals surface area (Å²) in [5, 5.41) is 27.9. The van der Waals surface area contributed by atoms with Crippen LogP contribution in [-0.2, 0) is 54.6 Å². The van der Waals surface area contributed by atoms with Gasteiger partial charge in [-0.3, -0.25) is 19.2 Å². The second kappa shape index (κ2) is 15.6. The number of aliphatic carboxylic acids is 2. The Bertz CT molecular complexity index is 1730. The molecule has 3 aromatic carbocycles. The molecule has 0 bridgehead atoms. The van der Waals surface area contributed by atoms with Crippen LogP contribution < -0.4 is 16.0 Å². The van der Waals surface area contributed by atoms with Crippen LogP contribution in [0.3, 0.4) is 0 Å². The second-order valence-electron chi connectivity index (χ2n) is 13.4. The van der Waals surface area contributed by atoms with Gasteiger partial charge in [-0.2, -0.15) is 0 Å². The van der Waals surface area contributed by atoms with Gasteiger partial charge in [-0.1, -0.05) is 81.4 Å². The molecule has 0 spiro atoms. The van der Waals surface area contributed by atoms with Crippen LogP contribution in [0.5, 0.6) is 0 Å². The predicted molar refractivity (Wildman–Crippen MR) is 181 cm³/mol. The van der Waals surface area contributed by atoms with Gasteiger partial charge in [0.2, 0.25) is 23.6 Å². The van der Waals surface area contributed by atoms with Crippen molar-refractivity contribution in [2.24, 2.45) is 5.41 Å². The Labute approximate surface area is 284 Å². The lowest BCUT2D eigenvalue weighted by Crippen LogP contribution is -2.47. The highest BCUT2D eigenvalue weighted by atomic mass is 16.4. The van der Waals surface area contributed by atoms with Gasteiger partial charge >= 0.3 is 11.9 Å². The zero-order valence-electron chi connectivity index (χ0n) is 28.0.